The fourth-order valence-electron chi connectivity index (χ4n) is 0.978. The summed E-state index contributed by atoms with van der Waals surface area (Å²) >= 11 is 0. The van der Waals surface area contributed by atoms with E-state index in [1.165, 1.54) is 0 Å². The van der Waals surface area contributed by atoms with Crippen LogP contribution in [0.2, 0.25) is 0 Å². The van der Waals surface area contributed by atoms with Crippen LogP contribution in [-0.4, -0.2) is 22.0 Å². The van der Waals surface area contributed by atoms with Crippen molar-refractivity contribution in [3.63, 3.8) is 0 Å². The SMILES string of the molecule is CC(C)(C(=O)O)c1ccccc1.O.O. The second-order valence-electron chi connectivity index (χ2n) is 3.30. The van der Waals surface area contributed by atoms with Gasteiger partial charge in [-0.2, -0.15) is 0 Å². The van der Waals surface area contributed by atoms with E-state index in [1.54, 1.807) is 13.8 Å². The van der Waals surface area contributed by atoms with Gasteiger partial charge in [-0.05, 0) is 19.4 Å². The molecule has 0 atom stereocenters. The van der Waals surface area contributed by atoms with E-state index >= 15 is 0 Å². The molecule has 4 nitrogen and oxygen atoms in total. The van der Waals surface area contributed by atoms with Gasteiger partial charge in [0.2, 0.25) is 0 Å². The monoisotopic (exact) mass is 200 g/mol. The number of hydrogen-bond donors (Lipinski definition) is 1. The Hall–Kier alpha value is -1.39. The third-order valence-electron chi connectivity index (χ3n) is 2.03. The highest BCUT2D eigenvalue weighted by Crippen LogP contribution is 2.22. The lowest BCUT2D eigenvalue weighted by atomic mass is 9.85. The molecule has 0 bridgehead atoms. The van der Waals surface area contributed by atoms with Crippen molar-refractivity contribution in [3.8, 4) is 0 Å². The fraction of sp³-hybridized carbons (Fsp3) is 0.300. The minimum Gasteiger partial charge on any atom is -0.481 e. The van der Waals surface area contributed by atoms with E-state index in [0.29, 0.717) is 0 Å². The summed E-state index contributed by atoms with van der Waals surface area (Å²) in [7, 11) is 0. The van der Waals surface area contributed by atoms with E-state index in [-0.39, 0.29) is 11.0 Å². The molecule has 4 heteroatoms. The van der Waals surface area contributed by atoms with Crippen molar-refractivity contribution in [2.24, 2.45) is 0 Å². The molecule has 0 saturated carbocycles. The molecule has 0 amide bonds. The topological polar surface area (TPSA) is 100 Å². The lowest BCUT2D eigenvalue weighted by Crippen LogP contribution is -2.28. The Labute approximate surface area is 82.8 Å². The highest BCUT2D eigenvalue weighted by atomic mass is 16.4. The molecule has 0 fully saturated rings. The van der Waals surface area contributed by atoms with Crippen molar-refractivity contribution in [1.29, 1.82) is 0 Å². The summed E-state index contributed by atoms with van der Waals surface area (Å²) < 4.78 is 0. The molecule has 80 valence electrons. The summed E-state index contributed by atoms with van der Waals surface area (Å²) in [5.41, 5.74) is 0.0406. The predicted molar refractivity (Wildman–Crippen MR) is 54.3 cm³/mol. The number of benzene rings is 1. The summed E-state index contributed by atoms with van der Waals surface area (Å²) in [6, 6.07) is 9.23. The van der Waals surface area contributed by atoms with E-state index in [1.807, 2.05) is 30.3 Å². The summed E-state index contributed by atoms with van der Waals surface area (Å²) in [4.78, 5) is 10.8. The van der Waals surface area contributed by atoms with Gasteiger partial charge in [-0.15, -0.1) is 0 Å². The van der Waals surface area contributed by atoms with Crippen LogP contribution in [0.25, 0.3) is 0 Å². The second kappa shape index (κ2) is 5.36. The largest absolute Gasteiger partial charge is 0.481 e. The maximum absolute atomic E-state index is 10.8. The van der Waals surface area contributed by atoms with Gasteiger partial charge in [0.05, 0.1) is 5.41 Å². The second-order valence-corrected chi connectivity index (χ2v) is 3.30. The summed E-state index contributed by atoms with van der Waals surface area (Å²) in [5, 5.41) is 8.89. The van der Waals surface area contributed by atoms with Crippen molar-refractivity contribution >= 4 is 5.97 Å². The van der Waals surface area contributed by atoms with Gasteiger partial charge in [-0.1, -0.05) is 30.3 Å². The summed E-state index contributed by atoms with van der Waals surface area (Å²) in [6.45, 7) is 3.40. The van der Waals surface area contributed by atoms with Crippen LogP contribution in [0.3, 0.4) is 0 Å². The number of carboxylic acids is 1. The summed E-state index contributed by atoms with van der Waals surface area (Å²) in [6.07, 6.45) is 0. The average molecular weight is 200 g/mol. The number of aliphatic carboxylic acids is 1. The smallest absolute Gasteiger partial charge is 0.313 e. The first-order valence-corrected chi connectivity index (χ1v) is 3.84. The zero-order valence-electron chi connectivity index (χ0n) is 8.24. The molecular weight excluding hydrogens is 184 g/mol. The Bertz CT molecular complexity index is 279. The first-order chi connectivity index (χ1) is 5.55. The molecule has 0 aliphatic heterocycles. The van der Waals surface area contributed by atoms with Gasteiger partial charge in [0, 0.05) is 0 Å². The molecule has 1 aromatic rings. The molecule has 14 heavy (non-hydrogen) atoms. The van der Waals surface area contributed by atoms with Gasteiger partial charge in [0.25, 0.3) is 0 Å². The first kappa shape index (κ1) is 15.1. The molecular formula is C10H16O4. The van der Waals surface area contributed by atoms with Gasteiger partial charge in [0.1, 0.15) is 0 Å². The van der Waals surface area contributed by atoms with Crippen LogP contribution in [0.15, 0.2) is 30.3 Å². The highest BCUT2D eigenvalue weighted by Gasteiger charge is 2.28. The minimum absolute atomic E-state index is 0. The molecule has 0 heterocycles. The van der Waals surface area contributed by atoms with E-state index < -0.39 is 11.4 Å². The Morgan fingerprint density at radius 2 is 1.57 bits per heavy atom. The van der Waals surface area contributed by atoms with Crippen LogP contribution in [0, 0.1) is 0 Å². The van der Waals surface area contributed by atoms with Crippen LogP contribution in [-0.2, 0) is 10.2 Å². The van der Waals surface area contributed by atoms with Crippen LogP contribution in [0.5, 0.6) is 0 Å². The third-order valence-corrected chi connectivity index (χ3v) is 2.03. The van der Waals surface area contributed by atoms with Crippen molar-refractivity contribution in [1.82, 2.24) is 0 Å². The Morgan fingerprint density at radius 1 is 1.14 bits per heavy atom. The third kappa shape index (κ3) is 2.83. The quantitative estimate of drug-likeness (QED) is 0.747. The van der Waals surface area contributed by atoms with Gasteiger partial charge < -0.3 is 16.1 Å². The van der Waals surface area contributed by atoms with Crippen LogP contribution in [0.4, 0.5) is 0 Å². The maximum atomic E-state index is 10.8. The lowest BCUT2D eigenvalue weighted by Gasteiger charge is -2.18. The number of rotatable bonds is 2. The molecule has 0 unspecified atom stereocenters. The standard InChI is InChI=1S/C10H12O2.2H2O/c1-10(2,9(11)12)8-6-4-3-5-7-8;;/h3-7H,1-2H3,(H,11,12);2*1H2. The molecule has 0 aliphatic carbocycles. The van der Waals surface area contributed by atoms with E-state index in [4.69, 9.17) is 5.11 Å². The highest BCUT2D eigenvalue weighted by molar-refractivity contribution is 5.80. The molecule has 5 N–H and O–H groups in total. The Morgan fingerprint density at radius 3 is 1.93 bits per heavy atom. The molecule has 1 rings (SSSR count). The van der Waals surface area contributed by atoms with Crippen LogP contribution < -0.4 is 0 Å². The average Bonchev–Trinajstić information content (AvgIpc) is 2.06. The molecule has 0 aliphatic rings. The first-order valence-electron chi connectivity index (χ1n) is 3.84. The van der Waals surface area contributed by atoms with E-state index in [0.717, 1.165) is 5.56 Å². The van der Waals surface area contributed by atoms with Gasteiger partial charge >= 0.3 is 5.97 Å². The van der Waals surface area contributed by atoms with Crippen LogP contribution in [0.1, 0.15) is 19.4 Å². The van der Waals surface area contributed by atoms with E-state index in [9.17, 15) is 4.79 Å². The molecule has 1 aromatic carbocycles. The van der Waals surface area contributed by atoms with Crippen LogP contribution >= 0.6 is 0 Å². The van der Waals surface area contributed by atoms with E-state index in [2.05, 4.69) is 0 Å². The van der Waals surface area contributed by atoms with Crippen molar-refractivity contribution in [3.05, 3.63) is 35.9 Å². The Balaban J connectivity index is 0. The molecule has 0 radical (unpaired) electrons. The van der Waals surface area contributed by atoms with Gasteiger partial charge in [-0.3, -0.25) is 4.79 Å². The van der Waals surface area contributed by atoms with Crippen molar-refractivity contribution in [2.45, 2.75) is 19.3 Å². The normalized spacial score (nSPS) is 9.57. The molecule has 0 spiro atoms. The van der Waals surface area contributed by atoms with Gasteiger partial charge in [0.15, 0.2) is 0 Å². The zero-order valence-corrected chi connectivity index (χ0v) is 8.24. The Kier molecular flexibility index (Phi) is 5.78. The number of hydrogen-bond acceptors (Lipinski definition) is 1. The zero-order chi connectivity index (χ0) is 9.19. The van der Waals surface area contributed by atoms with Crippen molar-refractivity contribution in [2.75, 3.05) is 0 Å². The fourth-order valence-corrected chi connectivity index (χ4v) is 0.978. The molecule has 0 aromatic heterocycles. The molecule has 0 saturated heterocycles. The predicted octanol–water partition coefficient (Wildman–Crippen LogP) is 0.399. The number of carboxylic acid groups (broad SMARTS) is 1. The van der Waals surface area contributed by atoms with Crippen molar-refractivity contribution < 1.29 is 20.9 Å². The summed E-state index contributed by atoms with van der Waals surface area (Å²) in [5.74, 6) is -0.797. The maximum Gasteiger partial charge on any atom is 0.313 e. The van der Waals surface area contributed by atoms with Gasteiger partial charge in [-0.25, -0.2) is 0 Å². The minimum atomic E-state index is -0.797. The number of carbonyl (C=O) groups is 1. The lowest BCUT2D eigenvalue weighted by molar-refractivity contribution is -0.142.